The molecule has 1 heterocycles. The normalized spacial score (nSPS) is 24.3. The first-order valence-corrected chi connectivity index (χ1v) is 7.43. The van der Waals surface area contributed by atoms with Crippen LogP contribution in [0.25, 0.3) is 0 Å². The lowest BCUT2D eigenvalue weighted by Crippen LogP contribution is -2.44. The fraction of sp³-hybridized carbons (Fsp3) is 0.625. The predicted octanol–water partition coefficient (Wildman–Crippen LogP) is 2.37. The summed E-state index contributed by atoms with van der Waals surface area (Å²) in [5.41, 5.74) is 5.85. The Kier molecular flexibility index (Phi) is 5.67. The van der Waals surface area contributed by atoms with Crippen LogP contribution >= 0.6 is 0 Å². The van der Waals surface area contributed by atoms with Gasteiger partial charge in [0.1, 0.15) is 12.4 Å². The SMILES string of the molecule is CCC1CN(CCOc2ccccc2)CCC1CN. The Morgan fingerprint density at radius 2 is 2.05 bits per heavy atom. The highest BCUT2D eigenvalue weighted by atomic mass is 16.5. The van der Waals surface area contributed by atoms with Crippen LogP contribution in [0.2, 0.25) is 0 Å². The lowest BCUT2D eigenvalue weighted by Gasteiger charge is -2.37. The van der Waals surface area contributed by atoms with Crippen molar-refractivity contribution in [2.24, 2.45) is 17.6 Å². The van der Waals surface area contributed by atoms with Crippen molar-refractivity contribution in [3.8, 4) is 5.75 Å². The molecule has 1 fully saturated rings. The maximum absolute atomic E-state index is 5.85. The summed E-state index contributed by atoms with van der Waals surface area (Å²) in [5, 5.41) is 0. The molecule has 106 valence electrons. The average Bonchev–Trinajstić information content (AvgIpc) is 2.48. The number of nitrogens with two attached hydrogens (primary N) is 1. The van der Waals surface area contributed by atoms with Crippen LogP contribution in [0.15, 0.2) is 30.3 Å². The van der Waals surface area contributed by atoms with Crippen LogP contribution in [0.3, 0.4) is 0 Å². The van der Waals surface area contributed by atoms with E-state index in [1.54, 1.807) is 0 Å². The molecule has 2 N–H and O–H groups in total. The molecule has 2 atom stereocenters. The highest BCUT2D eigenvalue weighted by molar-refractivity contribution is 5.20. The standard InChI is InChI=1S/C16H26N2O/c1-2-14-13-18(9-8-15(14)12-17)10-11-19-16-6-4-3-5-7-16/h3-7,14-15H,2,8-13,17H2,1H3. The van der Waals surface area contributed by atoms with Gasteiger partial charge >= 0.3 is 0 Å². The molecule has 0 amide bonds. The van der Waals surface area contributed by atoms with Gasteiger partial charge in [-0.15, -0.1) is 0 Å². The smallest absolute Gasteiger partial charge is 0.119 e. The second-order valence-corrected chi connectivity index (χ2v) is 5.41. The first-order chi connectivity index (χ1) is 9.33. The van der Waals surface area contributed by atoms with Crippen molar-refractivity contribution in [1.29, 1.82) is 0 Å². The first-order valence-electron chi connectivity index (χ1n) is 7.43. The fourth-order valence-corrected chi connectivity index (χ4v) is 2.94. The van der Waals surface area contributed by atoms with Gasteiger partial charge < -0.3 is 10.5 Å². The Morgan fingerprint density at radius 3 is 2.74 bits per heavy atom. The van der Waals surface area contributed by atoms with Gasteiger partial charge in [-0.25, -0.2) is 0 Å². The van der Waals surface area contributed by atoms with Crippen LogP contribution in [0, 0.1) is 11.8 Å². The van der Waals surface area contributed by atoms with Gasteiger partial charge in [0, 0.05) is 13.1 Å². The second kappa shape index (κ2) is 7.51. The molecule has 1 aromatic rings. The van der Waals surface area contributed by atoms with E-state index in [2.05, 4.69) is 11.8 Å². The molecule has 0 spiro atoms. The predicted molar refractivity (Wildman–Crippen MR) is 79.3 cm³/mol. The number of hydrogen-bond acceptors (Lipinski definition) is 3. The Balaban J connectivity index is 1.72. The molecular weight excluding hydrogens is 236 g/mol. The second-order valence-electron chi connectivity index (χ2n) is 5.41. The highest BCUT2D eigenvalue weighted by Gasteiger charge is 2.26. The molecule has 2 rings (SSSR count). The molecule has 3 nitrogen and oxygen atoms in total. The van der Waals surface area contributed by atoms with Crippen LogP contribution in [-0.4, -0.2) is 37.7 Å². The zero-order chi connectivity index (χ0) is 13.5. The number of para-hydroxylation sites is 1. The van der Waals surface area contributed by atoms with Crippen molar-refractivity contribution in [3.63, 3.8) is 0 Å². The van der Waals surface area contributed by atoms with Gasteiger partial charge in [0.2, 0.25) is 0 Å². The summed E-state index contributed by atoms with van der Waals surface area (Å²) < 4.78 is 5.76. The van der Waals surface area contributed by atoms with Gasteiger partial charge in [0.25, 0.3) is 0 Å². The molecule has 1 aliphatic heterocycles. The monoisotopic (exact) mass is 262 g/mol. The number of hydrogen-bond donors (Lipinski definition) is 1. The van der Waals surface area contributed by atoms with Crippen molar-refractivity contribution >= 4 is 0 Å². The number of nitrogens with zero attached hydrogens (tertiary/aromatic N) is 1. The summed E-state index contributed by atoms with van der Waals surface area (Å²) in [6, 6.07) is 10.0. The summed E-state index contributed by atoms with van der Waals surface area (Å²) in [6.45, 7) is 7.24. The van der Waals surface area contributed by atoms with Gasteiger partial charge in [-0.2, -0.15) is 0 Å². The Bertz CT molecular complexity index is 355. The minimum absolute atomic E-state index is 0.719. The fourth-order valence-electron chi connectivity index (χ4n) is 2.94. The van der Waals surface area contributed by atoms with Crippen LogP contribution in [0.1, 0.15) is 19.8 Å². The molecule has 0 bridgehead atoms. The van der Waals surface area contributed by atoms with Gasteiger partial charge in [-0.3, -0.25) is 4.90 Å². The average molecular weight is 262 g/mol. The van der Waals surface area contributed by atoms with Crippen LogP contribution in [0.4, 0.5) is 0 Å². The summed E-state index contributed by atoms with van der Waals surface area (Å²) in [7, 11) is 0. The molecule has 1 aliphatic rings. The lowest BCUT2D eigenvalue weighted by atomic mass is 9.84. The number of ether oxygens (including phenoxy) is 1. The van der Waals surface area contributed by atoms with E-state index in [-0.39, 0.29) is 0 Å². The minimum Gasteiger partial charge on any atom is -0.492 e. The third kappa shape index (κ3) is 4.22. The van der Waals surface area contributed by atoms with E-state index in [0.717, 1.165) is 43.8 Å². The number of rotatable bonds is 6. The molecule has 0 aromatic heterocycles. The van der Waals surface area contributed by atoms with Gasteiger partial charge in [-0.1, -0.05) is 31.5 Å². The molecule has 0 saturated carbocycles. The Hall–Kier alpha value is -1.06. The maximum atomic E-state index is 5.85. The maximum Gasteiger partial charge on any atom is 0.119 e. The molecular formula is C16H26N2O. The quantitative estimate of drug-likeness (QED) is 0.855. The van der Waals surface area contributed by atoms with Crippen molar-refractivity contribution in [3.05, 3.63) is 30.3 Å². The van der Waals surface area contributed by atoms with Crippen molar-refractivity contribution in [2.45, 2.75) is 19.8 Å². The van der Waals surface area contributed by atoms with E-state index < -0.39 is 0 Å². The zero-order valence-electron chi connectivity index (χ0n) is 11.9. The molecule has 1 aromatic carbocycles. The minimum atomic E-state index is 0.719. The van der Waals surface area contributed by atoms with E-state index in [4.69, 9.17) is 10.5 Å². The van der Waals surface area contributed by atoms with E-state index >= 15 is 0 Å². The molecule has 19 heavy (non-hydrogen) atoms. The van der Waals surface area contributed by atoms with Crippen molar-refractivity contribution < 1.29 is 4.74 Å². The van der Waals surface area contributed by atoms with E-state index in [1.165, 1.54) is 19.4 Å². The zero-order valence-corrected chi connectivity index (χ0v) is 11.9. The molecule has 0 radical (unpaired) electrons. The van der Waals surface area contributed by atoms with Crippen LogP contribution in [-0.2, 0) is 0 Å². The molecule has 3 heteroatoms. The lowest BCUT2D eigenvalue weighted by molar-refractivity contribution is 0.104. The third-order valence-corrected chi connectivity index (χ3v) is 4.22. The Morgan fingerprint density at radius 1 is 1.26 bits per heavy atom. The summed E-state index contributed by atoms with van der Waals surface area (Å²) >= 11 is 0. The van der Waals surface area contributed by atoms with Crippen molar-refractivity contribution in [1.82, 2.24) is 4.90 Å². The van der Waals surface area contributed by atoms with Crippen LogP contribution < -0.4 is 10.5 Å². The van der Waals surface area contributed by atoms with Crippen LogP contribution in [0.5, 0.6) is 5.75 Å². The largest absolute Gasteiger partial charge is 0.492 e. The molecule has 0 aliphatic carbocycles. The molecule has 2 unspecified atom stereocenters. The molecule has 1 saturated heterocycles. The highest BCUT2D eigenvalue weighted by Crippen LogP contribution is 2.25. The van der Waals surface area contributed by atoms with E-state index in [9.17, 15) is 0 Å². The summed E-state index contributed by atoms with van der Waals surface area (Å²) in [4.78, 5) is 2.52. The van der Waals surface area contributed by atoms with Gasteiger partial charge in [-0.05, 0) is 43.5 Å². The Labute approximate surface area is 116 Å². The van der Waals surface area contributed by atoms with E-state index in [0.29, 0.717) is 0 Å². The topological polar surface area (TPSA) is 38.5 Å². The third-order valence-electron chi connectivity index (χ3n) is 4.22. The summed E-state index contributed by atoms with van der Waals surface area (Å²) in [5.74, 6) is 2.44. The number of piperidine rings is 1. The number of likely N-dealkylation sites (tertiary alicyclic amines) is 1. The van der Waals surface area contributed by atoms with Gasteiger partial charge in [0.05, 0.1) is 0 Å². The van der Waals surface area contributed by atoms with E-state index in [1.807, 2.05) is 30.3 Å². The van der Waals surface area contributed by atoms with Gasteiger partial charge in [0.15, 0.2) is 0 Å². The number of benzene rings is 1. The van der Waals surface area contributed by atoms with Crippen molar-refractivity contribution in [2.75, 3.05) is 32.8 Å². The summed E-state index contributed by atoms with van der Waals surface area (Å²) in [6.07, 6.45) is 2.47. The first kappa shape index (κ1) is 14.4.